The van der Waals surface area contributed by atoms with Crippen LogP contribution in [0, 0.1) is 19.8 Å². The Bertz CT molecular complexity index is 427. The van der Waals surface area contributed by atoms with Gasteiger partial charge in [-0.2, -0.15) is 0 Å². The van der Waals surface area contributed by atoms with Gasteiger partial charge >= 0.3 is 0 Å². The lowest BCUT2D eigenvalue weighted by molar-refractivity contribution is 0.152. The predicted octanol–water partition coefficient (Wildman–Crippen LogP) is 2.92. The van der Waals surface area contributed by atoms with E-state index in [0.717, 1.165) is 19.7 Å². The number of nitrogens with zero attached hydrogens (tertiary/aromatic N) is 1. The Morgan fingerprint density at radius 2 is 2.00 bits per heavy atom. The number of likely N-dealkylation sites (N-methyl/N-ethyl adjacent to an activating group) is 1. The molecule has 3 heteroatoms. The molecule has 0 saturated carbocycles. The Morgan fingerprint density at radius 1 is 1.29 bits per heavy atom. The van der Waals surface area contributed by atoms with Gasteiger partial charge in [-0.1, -0.05) is 36.2 Å². The van der Waals surface area contributed by atoms with E-state index in [1.807, 2.05) is 0 Å². The van der Waals surface area contributed by atoms with Gasteiger partial charge in [-0.25, -0.2) is 0 Å². The molecule has 0 radical (unpaired) electrons. The standard InChI is InChI=1S/C18H30N2O/c1-5-19-18(17-9-14(2)8-15(3)10-17)12-20-7-6-16(11-20)13-21-4/h8-10,16,18-19H,5-7,11-13H2,1-4H3. The summed E-state index contributed by atoms with van der Waals surface area (Å²) in [5.74, 6) is 0.705. The number of ether oxygens (including phenoxy) is 1. The Hall–Kier alpha value is -0.900. The highest BCUT2D eigenvalue weighted by Gasteiger charge is 2.25. The zero-order valence-electron chi connectivity index (χ0n) is 14.0. The number of nitrogens with one attached hydrogen (secondary N) is 1. The zero-order chi connectivity index (χ0) is 15.2. The highest BCUT2D eigenvalue weighted by Crippen LogP contribution is 2.22. The molecule has 1 aromatic rings. The van der Waals surface area contributed by atoms with Crippen molar-refractivity contribution in [1.29, 1.82) is 0 Å². The van der Waals surface area contributed by atoms with Crippen molar-refractivity contribution in [1.82, 2.24) is 10.2 Å². The zero-order valence-corrected chi connectivity index (χ0v) is 14.0. The average Bonchev–Trinajstić information content (AvgIpc) is 2.85. The first kappa shape index (κ1) is 16.5. The maximum absolute atomic E-state index is 5.30. The van der Waals surface area contributed by atoms with E-state index in [1.54, 1.807) is 7.11 Å². The second-order valence-corrected chi connectivity index (χ2v) is 6.40. The number of hydrogen-bond donors (Lipinski definition) is 1. The summed E-state index contributed by atoms with van der Waals surface area (Å²) in [5.41, 5.74) is 4.13. The van der Waals surface area contributed by atoms with E-state index in [4.69, 9.17) is 4.74 Å². The highest BCUT2D eigenvalue weighted by atomic mass is 16.5. The maximum atomic E-state index is 5.30. The summed E-state index contributed by atoms with van der Waals surface area (Å²) in [6.07, 6.45) is 1.26. The molecule has 1 N–H and O–H groups in total. The van der Waals surface area contributed by atoms with Gasteiger partial charge in [-0.15, -0.1) is 0 Å². The van der Waals surface area contributed by atoms with E-state index in [2.05, 4.69) is 49.2 Å². The summed E-state index contributed by atoms with van der Waals surface area (Å²) in [7, 11) is 1.81. The normalized spacial score (nSPS) is 20.9. The lowest BCUT2D eigenvalue weighted by Crippen LogP contribution is -2.34. The summed E-state index contributed by atoms with van der Waals surface area (Å²) >= 11 is 0. The largest absolute Gasteiger partial charge is 0.384 e. The van der Waals surface area contributed by atoms with Crippen LogP contribution in [0.15, 0.2) is 18.2 Å². The van der Waals surface area contributed by atoms with Gasteiger partial charge < -0.3 is 15.0 Å². The summed E-state index contributed by atoms with van der Waals surface area (Å²) in [5, 5.41) is 3.65. The van der Waals surface area contributed by atoms with Gasteiger partial charge in [-0.3, -0.25) is 0 Å². The molecule has 1 saturated heterocycles. The fourth-order valence-electron chi connectivity index (χ4n) is 3.45. The number of methoxy groups -OCH3 is 1. The molecule has 21 heavy (non-hydrogen) atoms. The third-order valence-electron chi connectivity index (χ3n) is 4.31. The summed E-state index contributed by atoms with van der Waals surface area (Å²) < 4.78 is 5.30. The van der Waals surface area contributed by atoms with E-state index in [0.29, 0.717) is 12.0 Å². The van der Waals surface area contributed by atoms with Gasteiger partial charge in [0.25, 0.3) is 0 Å². The first-order valence-electron chi connectivity index (χ1n) is 8.15. The first-order valence-corrected chi connectivity index (χ1v) is 8.15. The molecule has 0 bridgehead atoms. The predicted molar refractivity (Wildman–Crippen MR) is 88.8 cm³/mol. The van der Waals surface area contributed by atoms with Gasteiger partial charge in [0.2, 0.25) is 0 Å². The van der Waals surface area contributed by atoms with Crippen molar-refractivity contribution >= 4 is 0 Å². The lowest BCUT2D eigenvalue weighted by Gasteiger charge is -2.25. The molecule has 0 amide bonds. The van der Waals surface area contributed by atoms with Crippen LogP contribution in [0.2, 0.25) is 0 Å². The van der Waals surface area contributed by atoms with Crippen LogP contribution in [-0.4, -0.2) is 44.8 Å². The second-order valence-electron chi connectivity index (χ2n) is 6.40. The fourth-order valence-corrected chi connectivity index (χ4v) is 3.45. The van der Waals surface area contributed by atoms with Crippen LogP contribution >= 0.6 is 0 Å². The SMILES string of the molecule is CCNC(CN1CCC(COC)C1)c1cc(C)cc(C)c1. The van der Waals surface area contributed by atoms with Gasteiger partial charge in [-0.05, 0) is 44.8 Å². The van der Waals surface area contributed by atoms with E-state index in [1.165, 1.54) is 36.2 Å². The summed E-state index contributed by atoms with van der Waals surface area (Å²) in [4.78, 5) is 2.58. The molecule has 1 heterocycles. The molecule has 1 aliphatic rings. The van der Waals surface area contributed by atoms with E-state index >= 15 is 0 Å². The van der Waals surface area contributed by atoms with Gasteiger partial charge in [0.15, 0.2) is 0 Å². The highest BCUT2D eigenvalue weighted by molar-refractivity contribution is 5.31. The molecule has 2 atom stereocenters. The minimum Gasteiger partial charge on any atom is -0.384 e. The van der Waals surface area contributed by atoms with Crippen LogP contribution in [0.3, 0.4) is 0 Å². The Balaban J connectivity index is 2.02. The van der Waals surface area contributed by atoms with Crippen molar-refractivity contribution in [2.75, 3.05) is 39.9 Å². The molecule has 0 aromatic heterocycles. The van der Waals surface area contributed by atoms with Crippen LogP contribution in [0.1, 0.15) is 36.1 Å². The molecule has 1 aliphatic heterocycles. The summed E-state index contributed by atoms with van der Waals surface area (Å²) in [6.45, 7) is 11.9. The molecule has 3 nitrogen and oxygen atoms in total. The molecule has 1 aromatic carbocycles. The quantitative estimate of drug-likeness (QED) is 0.835. The van der Waals surface area contributed by atoms with Crippen molar-refractivity contribution in [3.8, 4) is 0 Å². The second kappa shape index (κ2) is 7.92. The number of hydrogen-bond acceptors (Lipinski definition) is 3. The average molecular weight is 290 g/mol. The van der Waals surface area contributed by atoms with E-state index in [-0.39, 0.29) is 0 Å². The van der Waals surface area contributed by atoms with Crippen molar-refractivity contribution < 1.29 is 4.74 Å². The van der Waals surface area contributed by atoms with Gasteiger partial charge in [0, 0.05) is 26.2 Å². The topological polar surface area (TPSA) is 24.5 Å². The van der Waals surface area contributed by atoms with Crippen molar-refractivity contribution in [2.24, 2.45) is 5.92 Å². The molecular weight excluding hydrogens is 260 g/mol. The van der Waals surface area contributed by atoms with Gasteiger partial charge in [0.1, 0.15) is 0 Å². The summed E-state index contributed by atoms with van der Waals surface area (Å²) in [6, 6.07) is 7.32. The number of likely N-dealkylation sites (tertiary alicyclic amines) is 1. The molecule has 0 aliphatic carbocycles. The van der Waals surface area contributed by atoms with Crippen molar-refractivity contribution in [3.05, 3.63) is 34.9 Å². The van der Waals surface area contributed by atoms with Gasteiger partial charge in [0.05, 0.1) is 6.61 Å². The molecular formula is C18H30N2O. The van der Waals surface area contributed by atoms with Crippen LogP contribution < -0.4 is 5.32 Å². The molecule has 2 unspecified atom stereocenters. The first-order chi connectivity index (χ1) is 10.1. The minimum absolute atomic E-state index is 0.426. The van der Waals surface area contributed by atoms with Crippen LogP contribution in [-0.2, 0) is 4.74 Å². The van der Waals surface area contributed by atoms with Crippen LogP contribution in [0.25, 0.3) is 0 Å². The lowest BCUT2D eigenvalue weighted by atomic mass is 10.0. The molecule has 2 rings (SSSR count). The van der Waals surface area contributed by atoms with Crippen molar-refractivity contribution in [3.63, 3.8) is 0 Å². The van der Waals surface area contributed by atoms with Crippen molar-refractivity contribution in [2.45, 2.75) is 33.2 Å². The van der Waals surface area contributed by atoms with E-state index < -0.39 is 0 Å². The molecule has 118 valence electrons. The van der Waals surface area contributed by atoms with Crippen LogP contribution in [0.4, 0.5) is 0 Å². The fraction of sp³-hybridized carbons (Fsp3) is 0.667. The van der Waals surface area contributed by atoms with Crippen LogP contribution in [0.5, 0.6) is 0 Å². The number of rotatable bonds is 7. The molecule has 1 fully saturated rings. The third kappa shape index (κ3) is 4.80. The number of aryl methyl sites for hydroxylation is 2. The van der Waals surface area contributed by atoms with E-state index in [9.17, 15) is 0 Å². The molecule has 0 spiro atoms. The Morgan fingerprint density at radius 3 is 2.62 bits per heavy atom. The smallest absolute Gasteiger partial charge is 0.0503 e. The Kier molecular flexibility index (Phi) is 6.22. The Labute approximate surface area is 129 Å². The minimum atomic E-state index is 0.426. The third-order valence-corrected chi connectivity index (χ3v) is 4.31. The monoisotopic (exact) mass is 290 g/mol. The number of benzene rings is 1. The maximum Gasteiger partial charge on any atom is 0.0503 e.